The summed E-state index contributed by atoms with van der Waals surface area (Å²) >= 11 is 3.09. The van der Waals surface area contributed by atoms with Crippen LogP contribution < -0.4 is 5.73 Å². The van der Waals surface area contributed by atoms with E-state index >= 15 is 0 Å². The van der Waals surface area contributed by atoms with E-state index in [1.807, 2.05) is 12.1 Å². The van der Waals surface area contributed by atoms with Gasteiger partial charge in [0.25, 0.3) is 0 Å². The zero-order valence-corrected chi connectivity index (χ0v) is 9.59. The molecule has 2 aromatic rings. The molecule has 2 rings (SSSR count). The van der Waals surface area contributed by atoms with Gasteiger partial charge in [-0.25, -0.2) is 4.98 Å². The van der Waals surface area contributed by atoms with Gasteiger partial charge in [0.1, 0.15) is 6.33 Å². The number of hydrogen-bond donors (Lipinski definition) is 1. The monoisotopic (exact) mass is 238 g/mol. The van der Waals surface area contributed by atoms with Crippen molar-refractivity contribution >= 4 is 23.3 Å². The van der Waals surface area contributed by atoms with E-state index in [-0.39, 0.29) is 0 Å². The molecular formula is C9H10N4S2. The number of nitrogens with zero attached hydrogens (tertiary/aromatic N) is 3. The van der Waals surface area contributed by atoms with Crippen LogP contribution >= 0.6 is 23.3 Å². The molecular weight excluding hydrogens is 228 g/mol. The lowest BCUT2D eigenvalue weighted by Gasteiger charge is -2.00. The second kappa shape index (κ2) is 5.20. The van der Waals surface area contributed by atoms with Gasteiger partial charge in [0.15, 0.2) is 4.34 Å². The molecule has 4 nitrogen and oxygen atoms in total. The average Bonchev–Trinajstić information content (AvgIpc) is 2.79. The molecule has 15 heavy (non-hydrogen) atoms. The third-order valence-corrected chi connectivity index (χ3v) is 3.66. The highest BCUT2D eigenvalue weighted by atomic mass is 32.2. The van der Waals surface area contributed by atoms with Crippen LogP contribution in [0.4, 0.5) is 0 Å². The summed E-state index contributed by atoms with van der Waals surface area (Å²) < 4.78 is 4.93. The van der Waals surface area contributed by atoms with E-state index in [0.717, 1.165) is 15.8 Å². The molecule has 0 aliphatic carbocycles. The predicted molar refractivity (Wildman–Crippen MR) is 61.6 cm³/mol. The van der Waals surface area contributed by atoms with E-state index in [0.29, 0.717) is 6.54 Å². The summed E-state index contributed by atoms with van der Waals surface area (Å²) in [6, 6.07) is 4.02. The first-order chi connectivity index (χ1) is 7.38. The number of thioether (sulfide) groups is 1. The smallest absolute Gasteiger partial charge is 0.170 e. The fourth-order valence-corrected chi connectivity index (χ4v) is 2.49. The van der Waals surface area contributed by atoms with Crippen LogP contribution in [0.25, 0.3) is 0 Å². The SMILES string of the molecule is NCc1cc(CSc2ncns2)ccn1. The van der Waals surface area contributed by atoms with Crippen molar-refractivity contribution in [2.24, 2.45) is 5.73 Å². The maximum Gasteiger partial charge on any atom is 0.170 e. The van der Waals surface area contributed by atoms with Crippen LogP contribution in [0.15, 0.2) is 29.0 Å². The molecule has 0 aliphatic heterocycles. The van der Waals surface area contributed by atoms with Crippen molar-refractivity contribution in [2.75, 3.05) is 0 Å². The molecule has 0 unspecified atom stereocenters. The van der Waals surface area contributed by atoms with E-state index in [1.165, 1.54) is 17.1 Å². The third kappa shape index (κ3) is 2.98. The van der Waals surface area contributed by atoms with Gasteiger partial charge >= 0.3 is 0 Å². The van der Waals surface area contributed by atoms with Gasteiger partial charge < -0.3 is 5.73 Å². The lowest BCUT2D eigenvalue weighted by molar-refractivity contribution is 0.983. The number of hydrogen-bond acceptors (Lipinski definition) is 6. The van der Waals surface area contributed by atoms with Crippen LogP contribution in [0.5, 0.6) is 0 Å². The first-order valence-electron chi connectivity index (χ1n) is 4.42. The maximum absolute atomic E-state index is 5.52. The van der Waals surface area contributed by atoms with Gasteiger partial charge in [-0.05, 0) is 29.2 Å². The Morgan fingerprint density at radius 1 is 1.40 bits per heavy atom. The van der Waals surface area contributed by atoms with Gasteiger partial charge in [0.05, 0.1) is 5.69 Å². The van der Waals surface area contributed by atoms with Crippen LogP contribution in [-0.2, 0) is 12.3 Å². The summed E-state index contributed by atoms with van der Waals surface area (Å²) in [4.78, 5) is 8.25. The van der Waals surface area contributed by atoms with Crippen molar-refractivity contribution in [1.29, 1.82) is 0 Å². The highest BCUT2D eigenvalue weighted by Crippen LogP contribution is 2.22. The molecule has 6 heteroatoms. The maximum atomic E-state index is 5.52. The molecule has 78 valence electrons. The zero-order chi connectivity index (χ0) is 10.5. The van der Waals surface area contributed by atoms with Crippen molar-refractivity contribution in [2.45, 2.75) is 16.6 Å². The molecule has 0 aromatic carbocycles. The first kappa shape index (κ1) is 10.5. The van der Waals surface area contributed by atoms with Gasteiger partial charge in [-0.15, -0.1) is 0 Å². The lowest BCUT2D eigenvalue weighted by Crippen LogP contribution is -1.99. The lowest BCUT2D eigenvalue weighted by atomic mass is 10.2. The highest BCUT2D eigenvalue weighted by Gasteiger charge is 2.00. The molecule has 0 saturated heterocycles. The Hall–Kier alpha value is -0.980. The summed E-state index contributed by atoms with van der Waals surface area (Å²) in [5.41, 5.74) is 7.66. The molecule has 0 spiro atoms. The third-order valence-electron chi connectivity index (χ3n) is 1.79. The second-order valence-electron chi connectivity index (χ2n) is 2.86. The Morgan fingerprint density at radius 3 is 3.07 bits per heavy atom. The quantitative estimate of drug-likeness (QED) is 0.821. The van der Waals surface area contributed by atoms with Crippen LogP contribution in [0.1, 0.15) is 11.3 Å². The molecule has 2 aromatic heterocycles. The Kier molecular flexibility index (Phi) is 3.65. The van der Waals surface area contributed by atoms with Crippen LogP contribution in [-0.4, -0.2) is 14.3 Å². The molecule has 0 saturated carbocycles. The van der Waals surface area contributed by atoms with E-state index < -0.39 is 0 Å². The fourth-order valence-electron chi connectivity index (χ4n) is 1.10. The summed E-state index contributed by atoms with van der Waals surface area (Å²) in [5, 5.41) is 0. The standard InChI is InChI=1S/C9H10N4S2/c10-4-8-3-7(1-2-11-8)5-14-9-12-6-13-15-9/h1-3,6H,4-5,10H2. The van der Waals surface area contributed by atoms with Crippen molar-refractivity contribution in [3.63, 3.8) is 0 Å². The largest absolute Gasteiger partial charge is 0.325 e. The summed E-state index contributed by atoms with van der Waals surface area (Å²) in [5.74, 6) is 0.880. The van der Waals surface area contributed by atoms with Crippen molar-refractivity contribution < 1.29 is 0 Å². The minimum atomic E-state index is 0.483. The molecule has 0 radical (unpaired) electrons. The summed E-state index contributed by atoms with van der Waals surface area (Å²) in [7, 11) is 0. The summed E-state index contributed by atoms with van der Waals surface area (Å²) in [6.45, 7) is 0.483. The number of nitrogens with two attached hydrogens (primary N) is 1. The van der Waals surface area contributed by atoms with E-state index in [1.54, 1.807) is 24.3 Å². The molecule has 0 bridgehead atoms. The van der Waals surface area contributed by atoms with E-state index in [9.17, 15) is 0 Å². The van der Waals surface area contributed by atoms with Crippen LogP contribution in [0.2, 0.25) is 0 Å². The van der Waals surface area contributed by atoms with Gasteiger partial charge in [-0.1, -0.05) is 11.8 Å². The average molecular weight is 238 g/mol. The molecule has 0 amide bonds. The minimum absolute atomic E-state index is 0.483. The van der Waals surface area contributed by atoms with Gasteiger partial charge in [0, 0.05) is 18.5 Å². The van der Waals surface area contributed by atoms with E-state index in [2.05, 4.69) is 14.3 Å². The Labute approximate surface area is 96.1 Å². The number of aromatic nitrogens is 3. The van der Waals surface area contributed by atoms with Crippen molar-refractivity contribution in [3.05, 3.63) is 35.9 Å². The normalized spacial score (nSPS) is 10.5. The molecule has 0 aliphatic rings. The molecule has 0 atom stereocenters. The van der Waals surface area contributed by atoms with Gasteiger partial charge in [-0.3, -0.25) is 4.98 Å². The fraction of sp³-hybridized carbons (Fsp3) is 0.222. The van der Waals surface area contributed by atoms with Gasteiger partial charge in [0.2, 0.25) is 0 Å². The minimum Gasteiger partial charge on any atom is -0.325 e. The highest BCUT2D eigenvalue weighted by molar-refractivity contribution is 8.00. The van der Waals surface area contributed by atoms with E-state index in [4.69, 9.17) is 5.73 Å². The topological polar surface area (TPSA) is 64.7 Å². The Morgan fingerprint density at radius 2 is 2.33 bits per heavy atom. The van der Waals surface area contributed by atoms with Crippen LogP contribution in [0, 0.1) is 0 Å². The molecule has 0 fully saturated rings. The number of rotatable bonds is 4. The molecule has 2 N–H and O–H groups in total. The Bertz CT molecular complexity index is 416. The Balaban J connectivity index is 1.98. The summed E-state index contributed by atoms with van der Waals surface area (Å²) in [6.07, 6.45) is 3.36. The van der Waals surface area contributed by atoms with Crippen molar-refractivity contribution in [1.82, 2.24) is 14.3 Å². The zero-order valence-electron chi connectivity index (χ0n) is 7.96. The second-order valence-corrected chi connectivity index (χ2v) is 4.86. The predicted octanol–water partition coefficient (Wildman–Crippen LogP) is 1.68. The van der Waals surface area contributed by atoms with Crippen LogP contribution in [0.3, 0.4) is 0 Å². The van der Waals surface area contributed by atoms with Crippen molar-refractivity contribution in [3.8, 4) is 0 Å². The first-order valence-corrected chi connectivity index (χ1v) is 6.18. The number of pyridine rings is 1. The molecule has 2 heterocycles. The van der Waals surface area contributed by atoms with Gasteiger partial charge in [-0.2, -0.15) is 4.37 Å².